The van der Waals surface area contributed by atoms with Gasteiger partial charge in [0, 0.05) is 24.7 Å². The van der Waals surface area contributed by atoms with Gasteiger partial charge in [0.05, 0.1) is 6.61 Å². The van der Waals surface area contributed by atoms with Crippen LogP contribution in [0.15, 0.2) is 6.33 Å². The Labute approximate surface area is 127 Å². The van der Waals surface area contributed by atoms with E-state index in [-0.39, 0.29) is 6.61 Å². The fraction of sp³-hybridized carbons (Fsp3) is 0.750. The second-order valence-corrected chi connectivity index (χ2v) is 6.04. The van der Waals surface area contributed by atoms with E-state index in [0.717, 1.165) is 24.6 Å². The average molecular weight is 292 g/mol. The number of aliphatic hydroxyl groups excluding tert-OH is 1. The number of anilines is 2. The van der Waals surface area contributed by atoms with E-state index in [9.17, 15) is 5.11 Å². The molecule has 5 heteroatoms. The van der Waals surface area contributed by atoms with Crippen LogP contribution in [0.3, 0.4) is 0 Å². The molecule has 5 nitrogen and oxygen atoms in total. The Morgan fingerprint density at radius 2 is 2.14 bits per heavy atom. The van der Waals surface area contributed by atoms with Crippen molar-refractivity contribution in [2.75, 3.05) is 29.9 Å². The van der Waals surface area contributed by atoms with E-state index in [0.29, 0.717) is 18.5 Å². The van der Waals surface area contributed by atoms with Gasteiger partial charge >= 0.3 is 0 Å². The van der Waals surface area contributed by atoms with E-state index in [4.69, 9.17) is 0 Å². The van der Waals surface area contributed by atoms with Crippen LogP contribution in [0.4, 0.5) is 11.6 Å². The molecule has 0 aliphatic heterocycles. The van der Waals surface area contributed by atoms with Gasteiger partial charge in [0.2, 0.25) is 0 Å². The van der Waals surface area contributed by atoms with Gasteiger partial charge in [-0.25, -0.2) is 9.97 Å². The van der Waals surface area contributed by atoms with Gasteiger partial charge in [0.15, 0.2) is 0 Å². The summed E-state index contributed by atoms with van der Waals surface area (Å²) in [5.41, 5.74) is 1.17. The summed E-state index contributed by atoms with van der Waals surface area (Å²) in [4.78, 5) is 11.3. The average Bonchev–Trinajstić information content (AvgIpc) is 2.42. The van der Waals surface area contributed by atoms with Crippen molar-refractivity contribution >= 4 is 11.6 Å². The number of aliphatic hydroxyl groups is 1. The van der Waals surface area contributed by atoms with E-state index in [1.807, 2.05) is 0 Å². The summed E-state index contributed by atoms with van der Waals surface area (Å²) in [5.74, 6) is 2.29. The molecule has 1 fully saturated rings. The molecule has 1 heterocycles. The van der Waals surface area contributed by atoms with Crippen molar-refractivity contribution in [2.45, 2.75) is 58.4 Å². The molecule has 2 N–H and O–H groups in total. The normalized spacial score (nSPS) is 15.1. The van der Waals surface area contributed by atoms with Crippen molar-refractivity contribution in [1.29, 1.82) is 0 Å². The predicted octanol–water partition coefficient (Wildman–Crippen LogP) is 2.77. The van der Waals surface area contributed by atoms with Gasteiger partial charge in [-0.15, -0.1) is 0 Å². The fourth-order valence-electron chi connectivity index (χ4n) is 2.80. The maximum absolute atomic E-state index is 9.41. The third kappa shape index (κ3) is 3.64. The number of aromatic nitrogens is 2. The number of hydrogen-bond acceptors (Lipinski definition) is 5. The van der Waals surface area contributed by atoms with Crippen LogP contribution in [0.2, 0.25) is 0 Å². The van der Waals surface area contributed by atoms with Crippen LogP contribution >= 0.6 is 0 Å². The highest BCUT2D eigenvalue weighted by atomic mass is 16.3. The van der Waals surface area contributed by atoms with Crippen LogP contribution in [0.5, 0.6) is 0 Å². The molecule has 0 saturated heterocycles. The lowest BCUT2D eigenvalue weighted by Gasteiger charge is -2.39. The summed E-state index contributed by atoms with van der Waals surface area (Å²) in [5, 5.41) is 12.8. The zero-order chi connectivity index (χ0) is 15.2. The lowest BCUT2D eigenvalue weighted by molar-refractivity contribution is 0.282. The first-order valence-corrected chi connectivity index (χ1v) is 8.15. The highest BCUT2D eigenvalue weighted by Gasteiger charge is 2.29. The van der Waals surface area contributed by atoms with E-state index in [1.165, 1.54) is 24.8 Å². The topological polar surface area (TPSA) is 61.3 Å². The molecule has 0 radical (unpaired) electrons. The first-order valence-electron chi connectivity index (χ1n) is 8.15. The lowest BCUT2D eigenvalue weighted by atomic mass is 9.90. The Balaban J connectivity index is 2.34. The van der Waals surface area contributed by atoms with Crippen LogP contribution in [-0.4, -0.2) is 40.8 Å². The summed E-state index contributed by atoms with van der Waals surface area (Å²) < 4.78 is 0. The monoisotopic (exact) mass is 292 g/mol. The van der Waals surface area contributed by atoms with Crippen molar-refractivity contribution in [3.63, 3.8) is 0 Å². The van der Waals surface area contributed by atoms with Gasteiger partial charge in [0.1, 0.15) is 18.0 Å². The van der Waals surface area contributed by atoms with Crippen molar-refractivity contribution < 1.29 is 5.11 Å². The number of nitrogens with zero attached hydrogens (tertiary/aromatic N) is 3. The Morgan fingerprint density at radius 3 is 2.67 bits per heavy atom. The van der Waals surface area contributed by atoms with Crippen LogP contribution < -0.4 is 10.2 Å². The summed E-state index contributed by atoms with van der Waals surface area (Å²) in [7, 11) is 0. The minimum atomic E-state index is 0.162. The maximum atomic E-state index is 9.41. The van der Waals surface area contributed by atoms with E-state index in [1.54, 1.807) is 6.33 Å². The number of hydrogen-bond donors (Lipinski definition) is 2. The Hall–Kier alpha value is -1.36. The minimum absolute atomic E-state index is 0.162. The molecule has 118 valence electrons. The highest BCUT2D eigenvalue weighted by molar-refractivity contribution is 5.61. The molecule has 1 aliphatic rings. The maximum Gasteiger partial charge on any atom is 0.137 e. The smallest absolute Gasteiger partial charge is 0.137 e. The fourth-order valence-corrected chi connectivity index (χ4v) is 2.80. The van der Waals surface area contributed by atoms with Gasteiger partial charge in [-0.1, -0.05) is 20.8 Å². The third-order valence-electron chi connectivity index (χ3n) is 4.11. The molecular weight excluding hydrogens is 264 g/mol. The largest absolute Gasteiger partial charge is 0.395 e. The third-order valence-corrected chi connectivity index (χ3v) is 4.11. The van der Waals surface area contributed by atoms with Gasteiger partial charge < -0.3 is 15.3 Å². The van der Waals surface area contributed by atoms with Crippen molar-refractivity contribution in [3.05, 3.63) is 11.9 Å². The van der Waals surface area contributed by atoms with Crippen LogP contribution in [0.1, 0.15) is 57.9 Å². The molecule has 0 amide bonds. The minimum Gasteiger partial charge on any atom is -0.395 e. The second kappa shape index (κ2) is 7.59. The molecule has 0 aromatic carbocycles. The lowest BCUT2D eigenvalue weighted by Crippen LogP contribution is -2.43. The molecule has 2 rings (SSSR count). The van der Waals surface area contributed by atoms with Crippen molar-refractivity contribution in [3.8, 4) is 0 Å². The summed E-state index contributed by atoms with van der Waals surface area (Å²) in [6, 6.07) is 0.517. The first-order chi connectivity index (χ1) is 10.2. The van der Waals surface area contributed by atoms with Crippen LogP contribution in [0.25, 0.3) is 0 Å². The van der Waals surface area contributed by atoms with Crippen LogP contribution in [0, 0.1) is 0 Å². The molecule has 1 saturated carbocycles. The van der Waals surface area contributed by atoms with Gasteiger partial charge in [-0.3, -0.25) is 0 Å². The molecule has 0 unspecified atom stereocenters. The van der Waals surface area contributed by atoms with E-state index >= 15 is 0 Å². The van der Waals surface area contributed by atoms with Gasteiger partial charge in [-0.2, -0.15) is 0 Å². The molecule has 0 bridgehead atoms. The van der Waals surface area contributed by atoms with E-state index < -0.39 is 0 Å². The first kappa shape index (κ1) is 16.0. The molecule has 1 aromatic heterocycles. The molecule has 0 atom stereocenters. The van der Waals surface area contributed by atoms with Gasteiger partial charge in [0.25, 0.3) is 0 Å². The Kier molecular flexibility index (Phi) is 5.79. The summed E-state index contributed by atoms with van der Waals surface area (Å²) in [6.45, 7) is 8.23. The molecule has 1 aromatic rings. The predicted molar refractivity (Wildman–Crippen MR) is 87.0 cm³/mol. The zero-order valence-corrected chi connectivity index (χ0v) is 13.5. The summed E-state index contributed by atoms with van der Waals surface area (Å²) >= 11 is 0. The second-order valence-electron chi connectivity index (χ2n) is 6.04. The van der Waals surface area contributed by atoms with Crippen LogP contribution in [-0.2, 0) is 0 Å². The standard InChI is InChI=1S/C16H28N4O/c1-4-8-17-15-14(12(2)3)16(19-11-18-15)20(9-10-21)13-6-5-7-13/h11-13,21H,4-10H2,1-3H3,(H,17,18,19). The zero-order valence-electron chi connectivity index (χ0n) is 13.5. The highest BCUT2D eigenvalue weighted by Crippen LogP contribution is 2.35. The number of nitrogens with one attached hydrogen (secondary N) is 1. The molecule has 0 spiro atoms. The molecule has 1 aliphatic carbocycles. The molecule has 21 heavy (non-hydrogen) atoms. The SMILES string of the molecule is CCCNc1ncnc(N(CCO)C2CCC2)c1C(C)C. The molecular formula is C16H28N4O. The van der Waals surface area contributed by atoms with Crippen molar-refractivity contribution in [2.24, 2.45) is 0 Å². The quantitative estimate of drug-likeness (QED) is 0.771. The Bertz CT molecular complexity index is 446. The van der Waals surface area contributed by atoms with Crippen molar-refractivity contribution in [1.82, 2.24) is 9.97 Å². The Morgan fingerprint density at radius 1 is 1.38 bits per heavy atom. The summed E-state index contributed by atoms with van der Waals surface area (Å²) in [6.07, 6.45) is 6.37. The number of rotatable bonds is 8. The van der Waals surface area contributed by atoms with Gasteiger partial charge in [-0.05, 0) is 31.6 Å². The van der Waals surface area contributed by atoms with E-state index in [2.05, 4.69) is 41.0 Å².